The van der Waals surface area contributed by atoms with Crippen molar-refractivity contribution in [3.63, 3.8) is 0 Å². The van der Waals surface area contributed by atoms with E-state index in [4.69, 9.17) is 0 Å². The van der Waals surface area contributed by atoms with Crippen molar-refractivity contribution in [1.29, 1.82) is 0 Å². The Bertz CT molecular complexity index is 216. The Morgan fingerprint density at radius 3 is 0.577 bits per heavy atom. The molecule has 0 rings (SSSR count). The first-order valence-corrected chi connectivity index (χ1v) is 9.00. The van der Waals surface area contributed by atoms with Gasteiger partial charge >= 0.3 is 91.0 Å². The Labute approximate surface area is 239 Å². The summed E-state index contributed by atoms with van der Waals surface area (Å²) in [6.45, 7) is 9.19. The maximum atomic E-state index is 2.36. The van der Waals surface area contributed by atoms with E-state index in [1.54, 1.807) is 0 Å². The second-order valence-electron chi connectivity index (χ2n) is 7.82. The Morgan fingerprint density at radius 1 is 0.308 bits per heavy atom. The molecule has 0 amide bonds. The summed E-state index contributed by atoms with van der Waals surface area (Å²) in [5.41, 5.74) is 0. The summed E-state index contributed by atoms with van der Waals surface area (Å²) in [7, 11) is 21.2. The molecule has 0 fully saturated rings. The van der Waals surface area contributed by atoms with Crippen LogP contribution in [0.25, 0.3) is 0 Å². The summed E-state index contributed by atoms with van der Waals surface area (Å²) in [4.78, 5) is 13.6. The van der Waals surface area contributed by atoms with E-state index in [0.717, 1.165) is 52.4 Å². The summed E-state index contributed by atoms with van der Waals surface area (Å²) in [5.74, 6) is 0. The van der Waals surface area contributed by atoms with Gasteiger partial charge in [-0.2, -0.15) is 0 Å². The molecule has 0 aliphatic rings. The maximum absolute atomic E-state index is 2.36. The van der Waals surface area contributed by atoms with Crippen molar-refractivity contribution in [2.75, 3.05) is 123 Å². The van der Waals surface area contributed by atoms with E-state index >= 15 is 0 Å². The number of hydrogen-bond donors (Lipinski definition) is 0. The molecule has 6 nitrogen and oxygen atoms in total. The van der Waals surface area contributed by atoms with E-state index in [-0.39, 0.29) is 91.0 Å². The van der Waals surface area contributed by atoms with Gasteiger partial charge < -0.3 is 29.4 Å². The Balaban J connectivity index is -0.000000173. The first-order chi connectivity index (χ1) is 11.0. The normalized spacial score (nSPS) is 11.1. The zero-order valence-electron chi connectivity index (χ0n) is 18.3. The molecule has 0 atom stereocenters. The average molecular weight is 526 g/mol. The Hall–Kier alpha value is 2.72. The molecule has 0 saturated heterocycles. The molecule has 0 unspecified atom stereocenters. The summed E-state index contributed by atoms with van der Waals surface area (Å²) in [6, 6.07) is 0. The minimum atomic E-state index is 0. The van der Waals surface area contributed by atoms with E-state index in [9.17, 15) is 0 Å². The molecule has 0 heterocycles. The molecule has 0 spiro atoms. The Kier molecular flexibility index (Phi) is 33.3. The van der Waals surface area contributed by atoms with E-state index in [2.05, 4.69) is 99.9 Å². The molecule has 0 saturated carbocycles. The van der Waals surface area contributed by atoms with Crippen molar-refractivity contribution >= 4 is 91.0 Å². The van der Waals surface area contributed by atoms with E-state index < -0.39 is 0 Å². The fraction of sp³-hybridized carbons (Fsp3) is 1.00. The molecule has 0 radical (unpaired) electrons. The second kappa shape index (κ2) is 24.0. The fourth-order valence-corrected chi connectivity index (χ4v) is 1.71. The van der Waals surface area contributed by atoms with Gasteiger partial charge in [0.2, 0.25) is 0 Å². The quantitative estimate of drug-likeness (QED) is 0.280. The molecular formula is C18H50N6Sr2. The second-order valence-corrected chi connectivity index (χ2v) is 7.82. The molecular weight excluding hydrogens is 475 g/mol. The van der Waals surface area contributed by atoms with Crippen molar-refractivity contribution in [3.8, 4) is 0 Å². The number of hydrogen-bond acceptors (Lipinski definition) is 6. The van der Waals surface area contributed by atoms with Crippen molar-refractivity contribution in [3.05, 3.63) is 0 Å². The molecule has 8 heteroatoms. The first-order valence-electron chi connectivity index (χ1n) is 9.00. The average Bonchev–Trinajstić information content (AvgIpc) is 2.47. The third-order valence-corrected chi connectivity index (χ3v) is 3.72. The SMILES string of the molecule is CN(C)CCN(C)CCN(C)C.CN(C)CCN(C)CCN(C)C.[SrH2].[SrH2]. The van der Waals surface area contributed by atoms with E-state index in [1.807, 2.05) is 0 Å². The molecule has 0 N–H and O–H groups in total. The molecule has 156 valence electrons. The summed E-state index contributed by atoms with van der Waals surface area (Å²) in [5, 5.41) is 0. The zero-order chi connectivity index (χ0) is 19.1. The topological polar surface area (TPSA) is 19.4 Å². The predicted octanol–water partition coefficient (Wildman–Crippen LogP) is -1.75. The fourth-order valence-electron chi connectivity index (χ4n) is 1.71. The molecule has 0 aliphatic carbocycles. The van der Waals surface area contributed by atoms with Crippen LogP contribution in [0.2, 0.25) is 0 Å². The van der Waals surface area contributed by atoms with Crippen LogP contribution >= 0.6 is 0 Å². The van der Waals surface area contributed by atoms with Gasteiger partial charge in [-0.15, -0.1) is 0 Å². The van der Waals surface area contributed by atoms with Crippen LogP contribution in [-0.4, -0.2) is 243 Å². The van der Waals surface area contributed by atoms with Crippen molar-refractivity contribution in [1.82, 2.24) is 29.4 Å². The van der Waals surface area contributed by atoms with Crippen LogP contribution < -0.4 is 0 Å². The van der Waals surface area contributed by atoms with E-state index in [0.29, 0.717) is 0 Å². The van der Waals surface area contributed by atoms with Gasteiger partial charge in [0.25, 0.3) is 0 Å². The van der Waals surface area contributed by atoms with Gasteiger partial charge in [-0.1, -0.05) is 0 Å². The summed E-state index contributed by atoms with van der Waals surface area (Å²) in [6.07, 6.45) is 0. The molecule has 0 aromatic rings. The van der Waals surface area contributed by atoms with Gasteiger partial charge in [-0.05, 0) is 70.5 Å². The molecule has 0 bridgehead atoms. The van der Waals surface area contributed by atoms with Crippen LogP contribution in [0.15, 0.2) is 0 Å². The first kappa shape index (κ1) is 36.1. The van der Waals surface area contributed by atoms with Crippen LogP contribution in [-0.2, 0) is 0 Å². The minimum absolute atomic E-state index is 0. The number of likely N-dealkylation sites (N-methyl/N-ethyl adjacent to an activating group) is 6. The van der Waals surface area contributed by atoms with Crippen molar-refractivity contribution in [2.24, 2.45) is 0 Å². The summed E-state index contributed by atoms with van der Waals surface area (Å²) >= 11 is 0. The summed E-state index contributed by atoms with van der Waals surface area (Å²) < 4.78 is 0. The van der Waals surface area contributed by atoms with Crippen LogP contribution in [0.1, 0.15) is 0 Å². The predicted molar refractivity (Wildman–Crippen MR) is 126 cm³/mol. The molecule has 26 heavy (non-hydrogen) atoms. The van der Waals surface area contributed by atoms with Crippen molar-refractivity contribution in [2.45, 2.75) is 0 Å². The molecule has 0 aromatic carbocycles. The number of rotatable bonds is 12. The molecule has 0 aromatic heterocycles. The zero-order valence-corrected chi connectivity index (χ0v) is 18.3. The van der Waals surface area contributed by atoms with Gasteiger partial charge in [0.05, 0.1) is 0 Å². The van der Waals surface area contributed by atoms with Crippen molar-refractivity contribution < 1.29 is 0 Å². The van der Waals surface area contributed by atoms with Crippen LogP contribution in [0, 0.1) is 0 Å². The van der Waals surface area contributed by atoms with Gasteiger partial charge in [0, 0.05) is 52.4 Å². The monoisotopic (exact) mass is 526 g/mol. The Morgan fingerprint density at radius 2 is 0.462 bits per heavy atom. The van der Waals surface area contributed by atoms with Crippen LogP contribution in [0.4, 0.5) is 0 Å². The van der Waals surface area contributed by atoms with Crippen LogP contribution in [0.5, 0.6) is 0 Å². The van der Waals surface area contributed by atoms with Gasteiger partial charge in [-0.3, -0.25) is 0 Å². The van der Waals surface area contributed by atoms with Gasteiger partial charge in [0.15, 0.2) is 0 Å². The molecule has 0 aliphatic heterocycles. The van der Waals surface area contributed by atoms with Gasteiger partial charge in [-0.25, -0.2) is 0 Å². The third-order valence-electron chi connectivity index (χ3n) is 3.72. The third kappa shape index (κ3) is 34.2. The van der Waals surface area contributed by atoms with Crippen LogP contribution in [0.3, 0.4) is 0 Å². The van der Waals surface area contributed by atoms with Gasteiger partial charge in [0.1, 0.15) is 0 Å². The standard InChI is InChI=1S/2C9H23N3.2Sr.4H/c2*1-10(2)6-8-12(5)9-7-11(3)4;;;;;;/h2*6-9H2,1-5H3;;;;;;. The number of nitrogens with zero attached hydrogens (tertiary/aromatic N) is 6. The van der Waals surface area contributed by atoms with E-state index in [1.165, 1.54) is 0 Å².